The lowest BCUT2D eigenvalue weighted by Crippen LogP contribution is -2.45. The second-order valence-corrected chi connectivity index (χ2v) is 28.5. The first kappa shape index (κ1) is 85.9. The molecule has 0 aromatic heterocycles. The molecule has 0 spiro atoms. The summed E-state index contributed by atoms with van der Waals surface area (Å²) in [6.07, 6.45) is 96.3. The number of carbonyl (C=O) groups is 2. The van der Waals surface area contributed by atoms with Gasteiger partial charge in [-0.1, -0.05) is 444 Å². The van der Waals surface area contributed by atoms with Crippen molar-refractivity contribution in [2.45, 2.75) is 495 Å². The maximum absolute atomic E-state index is 12.6. The topological polar surface area (TPSA) is 95.9 Å². The fourth-order valence-corrected chi connectivity index (χ4v) is 13.5. The van der Waals surface area contributed by atoms with Crippen molar-refractivity contribution in [2.24, 2.45) is 0 Å². The van der Waals surface area contributed by atoms with Crippen LogP contribution in [0, 0.1) is 0 Å². The van der Waals surface area contributed by atoms with Gasteiger partial charge in [-0.3, -0.25) is 9.59 Å². The molecule has 0 saturated carbocycles. The Balaban J connectivity index is 3.31. The Bertz CT molecular complexity index is 1280. The van der Waals surface area contributed by atoms with E-state index < -0.39 is 12.1 Å². The molecule has 6 heteroatoms. The van der Waals surface area contributed by atoms with Crippen LogP contribution in [0.5, 0.6) is 0 Å². The molecule has 0 heterocycles. The number of hydrogen-bond donors (Lipinski definition) is 3. The van der Waals surface area contributed by atoms with E-state index in [2.05, 4.69) is 19.2 Å². The number of unbranched alkanes of at least 4 members (excludes halogenated alkanes) is 67. The second kappa shape index (κ2) is 77.3. The molecule has 0 aromatic carbocycles. The van der Waals surface area contributed by atoms with Crippen molar-refractivity contribution in [3.8, 4) is 0 Å². The maximum atomic E-state index is 12.6. The molecular formula is C81H161NO5. The van der Waals surface area contributed by atoms with Gasteiger partial charge in [-0.25, -0.2) is 0 Å². The van der Waals surface area contributed by atoms with Crippen molar-refractivity contribution in [3.05, 3.63) is 0 Å². The molecule has 0 aliphatic heterocycles. The second-order valence-electron chi connectivity index (χ2n) is 28.5. The van der Waals surface area contributed by atoms with Crippen LogP contribution in [0.3, 0.4) is 0 Å². The number of aliphatic hydroxyl groups excluding tert-OH is 2. The molecule has 0 rings (SSSR count). The third kappa shape index (κ3) is 73.8. The first-order valence-corrected chi connectivity index (χ1v) is 40.8. The number of esters is 1. The van der Waals surface area contributed by atoms with E-state index in [0.717, 1.165) is 38.5 Å². The molecule has 6 nitrogen and oxygen atoms in total. The summed E-state index contributed by atoms with van der Waals surface area (Å²) >= 11 is 0. The van der Waals surface area contributed by atoms with Gasteiger partial charge < -0.3 is 20.3 Å². The monoisotopic (exact) mass is 1230 g/mol. The van der Waals surface area contributed by atoms with Crippen molar-refractivity contribution < 1.29 is 24.5 Å². The van der Waals surface area contributed by atoms with Crippen molar-refractivity contribution in [1.82, 2.24) is 5.32 Å². The van der Waals surface area contributed by atoms with E-state index in [0.29, 0.717) is 25.9 Å². The van der Waals surface area contributed by atoms with Gasteiger partial charge >= 0.3 is 5.97 Å². The maximum Gasteiger partial charge on any atom is 0.305 e. The Hall–Kier alpha value is -1.14. The highest BCUT2D eigenvalue weighted by Crippen LogP contribution is 2.21. The average Bonchev–Trinajstić information content (AvgIpc) is 3.58. The van der Waals surface area contributed by atoms with Gasteiger partial charge in [-0.2, -0.15) is 0 Å². The smallest absolute Gasteiger partial charge is 0.305 e. The number of aliphatic hydroxyl groups is 2. The van der Waals surface area contributed by atoms with E-state index in [-0.39, 0.29) is 18.5 Å². The molecule has 87 heavy (non-hydrogen) atoms. The molecule has 0 fully saturated rings. The average molecular weight is 1230 g/mol. The minimum Gasteiger partial charge on any atom is -0.466 e. The van der Waals surface area contributed by atoms with Crippen molar-refractivity contribution in [1.29, 1.82) is 0 Å². The summed E-state index contributed by atoms with van der Waals surface area (Å²) in [4.78, 5) is 24.7. The van der Waals surface area contributed by atoms with Crippen LogP contribution in [0.15, 0.2) is 0 Å². The zero-order valence-corrected chi connectivity index (χ0v) is 59.8. The molecule has 1 amide bonds. The van der Waals surface area contributed by atoms with Gasteiger partial charge in [0.1, 0.15) is 0 Å². The van der Waals surface area contributed by atoms with E-state index in [1.807, 2.05) is 0 Å². The number of hydrogen-bond acceptors (Lipinski definition) is 5. The first-order valence-electron chi connectivity index (χ1n) is 40.8. The fourth-order valence-electron chi connectivity index (χ4n) is 13.5. The van der Waals surface area contributed by atoms with E-state index in [1.54, 1.807) is 0 Å². The lowest BCUT2D eigenvalue weighted by Gasteiger charge is -2.22. The molecule has 0 aromatic rings. The minimum atomic E-state index is -0.661. The van der Waals surface area contributed by atoms with Crippen LogP contribution in [0.1, 0.15) is 483 Å². The van der Waals surface area contributed by atoms with Gasteiger partial charge in [0.15, 0.2) is 0 Å². The number of carbonyl (C=O) groups excluding carboxylic acids is 2. The Kier molecular flexibility index (Phi) is 76.3. The number of amides is 1. The van der Waals surface area contributed by atoms with Gasteiger partial charge in [0.25, 0.3) is 0 Å². The van der Waals surface area contributed by atoms with Crippen LogP contribution >= 0.6 is 0 Å². The van der Waals surface area contributed by atoms with Gasteiger partial charge in [0.2, 0.25) is 5.91 Å². The lowest BCUT2D eigenvalue weighted by molar-refractivity contribution is -0.143. The Morgan fingerprint density at radius 1 is 0.276 bits per heavy atom. The third-order valence-corrected chi connectivity index (χ3v) is 19.7. The molecule has 2 atom stereocenters. The van der Waals surface area contributed by atoms with E-state index in [9.17, 15) is 19.8 Å². The predicted molar refractivity (Wildman–Crippen MR) is 384 cm³/mol. The molecule has 0 bridgehead atoms. The minimum absolute atomic E-state index is 0.0242. The summed E-state index contributed by atoms with van der Waals surface area (Å²) in [7, 11) is 0. The van der Waals surface area contributed by atoms with Crippen LogP contribution in [0.2, 0.25) is 0 Å². The molecule has 0 radical (unpaired) electrons. The zero-order valence-electron chi connectivity index (χ0n) is 59.8. The molecule has 0 aliphatic rings. The Labute approximate surface area is 547 Å². The molecule has 3 N–H and O–H groups in total. The standard InChI is InChI=1S/C81H161NO5/c1-3-5-7-9-11-13-15-17-19-21-22-35-38-42-45-49-53-57-61-65-69-73-79(84)78(77-83)82-80(85)74-70-66-62-58-54-50-46-43-39-36-33-31-29-27-25-23-24-26-28-30-32-34-37-40-44-48-52-56-60-64-68-72-76-87-81(86)75-71-67-63-59-55-51-47-41-20-18-16-14-12-10-8-6-4-2/h78-79,83-84H,3-77H2,1-2H3,(H,82,85). The highest BCUT2D eigenvalue weighted by molar-refractivity contribution is 5.76. The van der Waals surface area contributed by atoms with Crippen LogP contribution < -0.4 is 5.32 Å². The molecule has 0 aliphatic carbocycles. The van der Waals surface area contributed by atoms with Gasteiger partial charge in [-0.05, 0) is 25.7 Å². The van der Waals surface area contributed by atoms with E-state index >= 15 is 0 Å². The van der Waals surface area contributed by atoms with Crippen LogP contribution in [-0.4, -0.2) is 47.4 Å². The fraction of sp³-hybridized carbons (Fsp3) is 0.975. The largest absolute Gasteiger partial charge is 0.466 e. The lowest BCUT2D eigenvalue weighted by atomic mass is 10.0. The summed E-state index contributed by atoms with van der Waals surface area (Å²) < 4.78 is 5.52. The third-order valence-electron chi connectivity index (χ3n) is 19.7. The quantitative estimate of drug-likeness (QED) is 0.0417. The van der Waals surface area contributed by atoms with Gasteiger partial charge in [0.05, 0.1) is 25.4 Å². The summed E-state index contributed by atoms with van der Waals surface area (Å²) in [6.45, 7) is 5.02. The Morgan fingerprint density at radius 2 is 0.471 bits per heavy atom. The summed E-state index contributed by atoms with van der Waals surface area (Å²) in [6, 6.07) is -0.538. The van der Waals surface area contributed by atoms with Crippen LogP contribution in [0.4, 0.5) is 0 Å². The van der Waals surface area contributed by atoms with Gasteiger partial charge in [0, 0.05) is 12.8 Å². The number of ether oxygens (including phenoxy) is 1. The summed E-state index contributed by atoms with van der Waals surface area (Å²) in [5.74, 6) is 0.00262. The zero-order chi connectivity index (χ0) is 62.8. The first-order chi connectivity index (χ1) is 43.0. The van der Waals surface area contributed by atoms with Crippen LogP contribution in [-0.2, 0) is 14.3 Å². The molecular weight excluding hydrogens is 1070 g/mol. The van der Waals surface area contributed by atoms with E-state index in [4.69, 9.17) is 4.74 Å². The van der Waals surface area contributed by atoms with Crippen molar-refractivity contribution >= 4 is 11.9 Å². The Morgan fingerprint density at radius 3 is 0.701 bits per heavy atom. The molecule has 2 unspecified atom stereocenters. The normalized spacial score (nSPS) is 12.4. The highest BCUT2D eigenvalue weighted by Gasteiger charge is 2.20. The van der Waals surface area contributed by atoms with Crippen molar-refractivity contribution in [2.75, 3.05) is 13.2 Å². The summed E-state index contributed by atoms with van der Waals surface area (Å²) in [5.41, 5.74) is 0. The highest BCUT2D eigenvalue weighted by atomic mass is 16.5. The predicted octanol–water partition coefficient (Wildman–Crippen LogP) is 26.9. The number of rotatable bonds is 78. The number of nitrogens with one attached hydrogen (secondary N) is 1. The summed E-state index contributed by atoms with van der Waals surface area (Å²) in [5, 5.41) is 23.5. The molecule has 0 saturated heterocycles. The van der Waals surface area contributed by atoms with Crippen LogP contribution in [0.25, 0.3) is 0 Å². The molecule has 520 valence electrons. The van der Waals surface area contributed by atoms with E-state index in [1.165, 1.54) is 411 Å². The van der Waals surface area contributed by atoms with Gasteiger partial charge in [-0.15, -0.1) is 0 Å². The SMILES string of the molecule is CCCCCCCCCCCCCCCCCCCCCCCC(O)C(CO)NC(=O)CCCCCCCCCCCCCCCCCCCCCCCCCCCCCCCCCCOC(=O)CCCCCCCCCCCCCCCCCCC. The van der Waals surface area contributed by atoms with Crippen molar-refractivity contribution in [3.63, 3.8) is 0 Å².